The van der Waals surface area contributed by atoms with Crippen molar-refractivity contribution < 1.29 is 14.3 Å². The van der Waals surface area contributed by atoms with Crippen molar-refractivity contribution >= 4 is 40.9 Å². The van der Waals surface area contributed by atoms with E-state index < -0.39 is 0 Å². The molecule has 3 aromatic rings. The average Bonchev–Trinajstić information content (AvgIpc) is 2.71. The molecule has 4 rings (SSSR count). The van der Waals surface area contributed by atoms with Crippen molar-refractivity contribution in [2.75, 3.05) is 11.9 Å². The Labute approximate surface area is 171 Å². The first-order valence-electron chi connectivity index (χ1n) is 8.42. The van der Waals surface area contributed by atoms with E-state index in [2.05, 4.69) is 10.3 Å². The van der Waals surface area contributed by atoms with Crippen molar-refractivity contribution in [3.63, 3.8) is 0 Å². The van der Waals surface area contributed by atoms with Crippen LogP contribution in [0.15, 0.2) is 66.4 Å². The number of hydrogen-bond donors (Lipinski definition) is 1. The molecule has 28 heavy (non-hydrogen) atoms. The minimum Gasteiger partial charge on any atom is -0.488 e. The Morgan fingerprint density at radius 1 is 1.11 bits per heavy atom. The van der Waals surface area contributed by atoms with E-state index in [4.69, 9.17) is 32.7 Å². The zero-order valence-electron chi connectivity index (χ0n) is 14.5. The second-order valence-electron chi connectivity index (χ2n) is 5.99. The van der Waals surface area contributed by atoms with Gasteiger partial charge in [0.2, 0.25) is 5.88 Å². The SMILES string of the molecule is O=C(Nc1ccccc1Oc1ncc(Cl)cc1Cl)C1=Cc2ccccc2OC1. The van der Waals surface area contributed by atoms with Crippen molar-refractivity contribution in [3.8, 4) is 17.4 Å². The van der Waals surface area contributed by atoms with Crippen LogP contribution < -0.4 is 14.8 Å². The molecule has 140 valence electrons. The molecule has 0 saturated carbocycles. The summed E-state index contributed by atoms with van der Waals surface area (Å²) in [6.07, 6.45) is 3.25. The molecule has 1 aliphatic heterocycles. The predicted molar refractivity (Wildman–Crippen MR) is 109 cm³/mol. The van der Waals surface area contributed by atoms with Gasteiger partial charge in [-0.15, -0.1) is 0 Å². The highest BCUT2D eigenvalue weighted by Gasteiger charge is 2.18. The van der Waals surface area contributed by atoms with Gasteiger partial charge in [-0.1, -0.05) is 53.5 Å². The maximum Gasteiger partial charge on any atom is 0.255 e. The molecule has 1 N–H and O–H groups in total. The third kappa shape index (κ3) is 3.96. The maximum atomic E-state index is 12.7. The monoisotopic (exact) mass is 412 g/mol. The number of aromatic nitrogens is 1. The van der Waals surface area contributed by atoms with Gasteiger partial charge in [0.15, 0.2) is 5.75 Å². The lowest BCUT2D eigenvalue weighted by Crippen LogP contribution is -2.21. The van der Waals surface area contributed by atoms with Crippen LogP contribution >= 0.6 is 23.2 Å². The molecule has 2 aromatic carbocycles. The lowest BCUT2D eigenvalue weighted by Gasteiger charge is -2.18. The fourth-order valence-electron chi connectivity index (χ4n) is 2.69. The molecule has 1 aromatic heterocycles. The molecule has 0 aliphatic carbocycles. The van der Waals surface area contributed by atoms with Crippen molar-refractivity contribution in [1.82, 2.24) is 4.98 Å². The Bertz CT molecular complexity index is 1080. The van der Waals surface area contributed by atoms with Gasteiger partial charge in [-0.2, -0.15) is 0 Å². The van der Waals surface area contributed by atoms with Crippen LogP contribution in [-0.4, -0.2) is 17.5 Å². The van der Waals surface area contributed by atoms with Crippen molar-refractivity contribution in [1.29, 1.82) is 0 Å². The molecule has 2 heterocycles. The Kier molecular flexibility index (Phi) is 5.19. The van der Waals surface area contributed by atoms with Crippen LogP contribution in [0.1, 0.15) is 5.56 Å². The van der Waals surface area contributed by atoms with Crippen LogP contribution in [0.4, 0.5) is 5.69 Å². The number of nitrogens with zero attached hydrogens (tertiary/aromatic N) is 1. The molecule has 0 bridgehead atoms. The number of para-hydroxylation sites is 3. The second kappa shape index (κ2) is 7.92. The van der Waals surface area contributed by atoms with Gasteiger partial charge < -0.3 is 14.8 Å². The normalized spacial score (nSPS) is 12.4. The van der Waals surface area contributed by atoms with Crippen molar-refractivity contribution in [3.05, 3.63) is 82.0 Å². The summed E-state index contributed by atoms with van der Waals surface area (Å²) < 4.78 is 11.4. The molecule has 0 saturated heterocycles. The minimum atomic E-state index is -0.277. The number of carbonyl (C=O) groups excluding carboxylic acids is 1. The standard InChI is InChI=1S/C21H14Cl2N2O3/c22-15-10-16(23)21(24-11-15)28-19-8-4-2-6-17(19)25-20(26)14-9-13-5-1-3-7-18(13)27-12-14/h1-11H,12H2,(H,25,26). The first-order chi connectivity index (χ1) is 13.6. The van der Waals surface area contributed by atoms with E-state index in [9.17, 15) is 4.79 Å². The molecule has 0 radical (unpaired) electrons. The summed E-state index contributed by atoms with van der Waals surface area (Å²) in [6, 6.07) is 16.1. The maximum absolute atomic E-state index is 12.7. The summed E-state index contributed by atoms with van der Waals surface area (Å²) in [5.41, 5.74) is 1.86. The zero-order chi connectivity index (χ0) is 19.5. The van der Waals surface area contributed by atoms with Crippen molar-refractivity contribution in [2.45, 2.75) is 0 Å². The van der Waals surface area contributed by atoms with Crippen LogP contribution in [0.2, 0.25) is 10.0 Å². The van der Waals surface area contributed by atoms with Crippen LogP contribution in [-0.2, 0) is 4.79 Å². The molecular formula is C21H14Cl2N2O3. The zero-order valence-corrected chi connectivity index (χ0v) is 16.0. The average molecular weight is 413 g/mol. The Morgan fingerprint density at radius 2 is 1.89 bits per heavy atom. The number of amides is 1. The van der Waals surface area contributed by atoms with Gasteiger partial charge in [-0.3, -0.25) is 4.79 Å². The number of ether oxygens (including phenoxy) is 2. The predicted octanol–water partition coefficient (Wildman–Crippen LogP) is 5.60. The van der Waals surface area contributed by atoms with E-state index >= 15 is 0 Å². The van der Waals surface area contributed by atoms with Gasteiger partial charge in [0.1, 0.15) is 17.4 Å². The molecule has 7 heteroatoms. The molecule has 1 aliphatic rings. The van der Waals surface area contributed by atoms with Gasteiger partial charge in [0, 0.05) is 11.8 Å². The first kappa shape index (κ1) is 18.3. The van der Waals surface area contributed by atoms with E-state index in [0.717, 1.165) is 11.3 Å². The quantitative estimate of drug-likeness (QED) is 0.605. The van der Waals surface area contributed by atoms with E-state index in [-0.39, 0.29) is 23.4 Å². The third-order valence-electron chi connectivity index (χ3n) is 4.04. The van der Waals surface area contributed by atoms with E-state index in [1.165, 1.54) is 12.3 Å². The van der Waals surface area contributed by atoms with Gasteiger partial charge in [0.25, 0.3) is 5.91 Å². The largest absolute Gasteiger partial charge is 0.488 e. The number of carbonyl (C=O) groups is 1. The number of pyridine rings is 1. The van der Waals surface area contributed by atoms with Gasteiger partial charge in [-0.25, -0.2) is 4.98 Å². The van der Waals surface area contributed by atoms with Crippen LogP contribution in [0, 0.1) is 0 Å². The lowest BCUT2D eigenvalue weighted by atomic mass is 10.1. The molecule has 0 atom stereocenters. The number of rotatable bonds is 4. The summed E-state index contributed by atoms with van der Waals surface area (Å²) in [4.78, 5) is 16.8. The van der Waals surface area contributed by atoms with E-state index in [1.807, 2.05) is 30.3 Å². The Balaban J connectivity index is 1.56. The van der Waals surface area contributed by atoms with E-state index in [0.29, 0.717) is 22.0 Å². The second-order valence-corrected chi connectivity index (χ2v) is 6.83. The van der Waals surface area contributed by atoms with Crippen molar-refractivity contribution in [2.24, 2.45) is 0 Å². The number of fused-ring (bicyclic) bond motifs is 1. The van der Waals surface area contributed by atoms with E-state index in [1.54, 1.807) is 24.3 Å². The van der Waals surface area contributed by atoms with Crippen LogP contribution in [0.25, 0.3) is 6.08 Å². The number of nitrogens with one attached hydrogen (secondary N) is 1. The Hall–Kier alpha value is -3.02. The first-order valence-corrected chi connectivity index (χ1v) is 9.17. The molecule has 0 spiro atoms. The van der Waals surface area contributed by atoms with Gasteiger partial charge in [-0.05, 0) is 30.3 Å². The Morgan fingerprint density at radius 3 is 2.75 bits per heavy atom. The number of hydrogen-bond acceptors (Lipinski definition) is 4. The van der Waals surface area contributed by atoms with Gasteiger partial charge in [0.05, 0.1) is 16.3 Å². The number of anilines is 1. The summed E-state index contributed by atoms with van der Waals surface area (Å²) in [5.74, 6) is 1.08. The molecule has 1 amide bonds. The van der Waals surface area contributed by atoms with Crippen LogP contribution in [0.5, 0.6) is 17.4 Å². The summed E-state index contributed by atoms with van der Waals surface area (Å²) in [7, 11) is 0. The topological polar surface area (TPSA) is 60.5 Å². The van der Waals surface area contributed by atoms with Crippen LogP contribution in [0.3, 0.4) is 0 Å². The summed E-state index contributed by atoms with van der Waals surface area (Å²) in [6.45, 7) is 0.191. The fourth-order valence-corrected chi connectivity index (χ4v) is 3.11. The summed E-state index contributed by atoms with van der Waals surface area (Å²) >= 11 is 12.0. The number of halogens is 2. The highest BCUT2D eigenvalue weighted by Crippen LogP contribution is 2.34. The van der Waals surface area contributed by atoms with Gasteiger partial charge >= 0.3 is 0 Å². The highest BCUT2D eigenvalue weighted by molar-refractivity contribution is 6.35. The molecule has 0 fully saturated rings. The molecular weight excluding hydrogens is 399 g/mol. The molecule has 5 nitrogen and oxygen atoms in total. The highest BCUT2D eigenvalue weighted by atomic mass is 35.5. The third-order valence-corrected chi connectivity index (χ3v) is 4.52. The smallest absolute Gasteiger partial charge is 0.255 e. The lowest BCUT2D eigenvalue weighted by molar-refractivity contribution is -0.113. The molecule has 0 unspecified atom stereocenters. The minimum absolute atomic E-state index is 0.191. The summed E-state index contributed by atoms with van der Waals surface area (Å²) in [5, 5.41) is 3.53. The fraction of sp³-hybridized carbons (Fsp3) is 0.0476. The number of benzene rings is 2.